The molecule has 0 radical (unpaired) electrons. The highest BCUT2D eigenvalue weighted by Gasteiger charge is 2.33. The van der Waals surface area contributed by atoms with E-state index in [2.05, 4.69) is 31.6 Å². The third kappa shape index (κ3) is 7.29. The predicted octanol–water partition coefficient (Wildman–Crippen LogP) is 9.12. The fourth-order valence-electron chi connectivity index (χ4n) is 4.61. The molecule has 0 atom stereocenters. The molecule has 3 aromatic carbocycles. The van der Waals surface area contributed by atoms with Crippen molar-refractivity contribution in [3.8, 4) is 11.5 Å². The van der Waals surface area contributed by atoms with Crippen molar-refractivity contribution in [2.24, 2.45) is 4.99 Å². The van der Waals surface area contributed by atoms with Gasteiger partial charge < -0.3 is 23.9 Å². The lowest BCUT2D eigenvalue weighted by molar-refractivity contribution is -0.138. The number of fused-ring (bicyclic) bond motifs is 1. The second kappa shape index (κ2) is 14.2. The molecule has 222 valence electrons. The molecular weight excluding hydrogens is 652 g/mol. The Labute approximate surface area is 267 Å². The maximum atomic E-state index is 12.9. The number of para-hydroxylation sites is 1. The monoisotopic (exact) mass is 680 g/mol. The molecule has 1 aliphatic rings. The molecule has 1 N–H and O–H groups in total. The van der Waals surface area contributed by atoms with Gasteiger partial charge in [-0.3, -0.25) is 0 Å². The minimum absolute atomic E-state index is 0.0497. The molecule has 0 spiro atoms. The number of benzene rings is 3. The van der Waals surface area contributed by atoms with E-state index >= 15 is 0 Å². The van der Waals surface area contributed by atoms with Gasteiger partial charge in [-0.2, -0.15) is 0 Å². The molecule has 43 heavy (non-hydrogen) atoms. The number of aliphatic hydroxyl groups is 1. The highest BCUT2D eigenvalue weighted by Crippen LogP contribution is 2.41. The summed E-state index contributed by atoms with van der Waals surface area (Å²) < 4.78 is 19.8. The quantitative estimate of drug-likeness (QED) is 0.126. The molecule has 10 heteroatoms. The SMILES string of the molecule is CCOC(=O)C1=C(O)/C(=C/c2cn(CCCOc3ccccc3Cl)c3ccc(Br)cc23)SC1=Nc1ccc(OCC)cc1. The van der Waals surface area contributed by atoms with Crippen LogP contribution in [-0.2, 0) is 16.1 Å². The lowest BCUT2D eigenvalue weighted by Crippen LogP contribution is -2.12. The molecule has 0 saturated heterocycles. The van der Waals surface area contributed by atoms with Crippen molar-refractivity contribution in [3.05, 3.63) is 104 Å². The topological polar surface area (TPSA) is 82.3 Å². The number of nitrogens with zero attached hydrogens (tertiary/aromatic N) is 2. The maximum absolute atomic E-state index is 12.9. The van der Waals surface area contributed by atoms with Gasteiger partial charge in [-0.15, -0.1) is 0 Å². The summed E-state index contributed by atoms with van der Waals surface area (Å²) in [6, 6.07) is 20.8. The standard InChI is InChI=1S/C33H30BrClN2O5S/c1-3-40-24-13-11-23(12-14-24)36-32-30(33(39)41-4-2)31(38)29(43-32)18-21-20-37(27-15-10-22(34)19-25(21)27)16-7-17-42-28-9-6-5-8-26(28)35/h5-6,8-15,18-20,38H,3-4,7,16-17H2,1-2H3/b29-18-,36-32?. The summed E-state index contributed by atoms with van der Waals surface area (Å²) in [5, 5.41) is 13.2. The Balaban J connectivity index is 1.44. The number of esters is 1. The Kier molecular flexibility index (Phi) is 10.2. The summed E-state index contributed by atoms with van der Waals surface area (Å²) in [4.78, 5) is 18.1. The number of aliphatic hydroxyl groups excluding tert-OH is 1. The van der Waals surface area contributed by atoms with Gasteiger partial charge in [0.2, 0.25) is 0 Å². The maximum Gasteiger partial charge on any atom is 0.344 e. The van der Waals surface area contributed by atoms with E-state index in [4.69, 9.17) is 25.8 Å². The van der Waals surface area contributed by atoms with Crippen molar-refractivity contribution in [1.82, 2.24) is 4.57 Å². The zero-order valence-electron chi connectivity index (χ0n) is 23.7. The first-order valence-electron chi connectivity index (χ1n) is 13.9. The normalized spacial score (nSPS) is 15.1. The summed E-state index contributed by atoms with van der Waals surface area (Å²) in [6.45, 7) is 5.60. The fourth-order valence-corrected chi connectivity index (χ4v) is 6.19. The zero-order chi connectivity index (χ0) is 30.3. The predicted molar refractivity (Wildman–Crippen MR) is 178 cm³/mol. The minimum atomic E-state index is -0.621. The number of hydrogen-bond donors (Lipinski definition) is 1. The number of aliphatic imine (C=N–C) groups is 1. The molecule has 2 heterocycles. The van der Waals surface area contributed by atoms with E-state index in [1.165, 1.54) is 11.8 Å². The van der Waals surface area contributed by atoms with Crippen molar-refractivity contribution < 1.29 is 24.1 Å². The summed E-state index contributed by atoms with van der Waals surface area (Å²) >= 11 is 11.0. The first-order valence-corrected chi connectivity index (χ1v) is 15.8. The molecule has 7 nitrogen and oxygen atoms in total. The molecular formula is C33H30BrClN2O5S. The molecule has 0 unspecified atom stereocenters. The minimum Gasteiger partial charge on any atom is -0.506 e. The Morgan fingerprint density at radius 3 is 2.60 bits per heavy atom. The van der Waals surface area contributed by atoms with E-state index < -0.39 is 5.97 Å². The number of aromatic nitrogens is 1. The Morgan fingerprint density at radius 1 is 1.07 bits per heavy atom. The smallest absolute Gasteiger partial charge is 0.344 e. The fraction of sp³-hybridized carbons (Fsp3) is 0.212. The Hall–Kier alpha value is -3.66. The molecule has 0 bridgehead atoms. The van der Waals surface area contributed by atoms with Crippen molar-refractivity contribution >= 4 is 73.0 Å². The van der Waals surface area contributed by atoms with E-state index in [0.717, 1.165) is 33.1 Å². The molecule has 5 rings (SSSR count). The highest BCUT2D eigenvalue weighted by molar-refractivity contribution is 9.10. The van der Waals surface area contributed by atoms with Gasteiger partial charge >= 0.3 is 5.97 Å². The summed E-state index contributed by atoms with van der Waals surface area (Å²) in [6.07, 6.45) is 4.68. The van der Waals surface area contributed by atoms with Crippen molar-refractivity contribution in [3.63, 3.8) is 0 Å². The van der Waals surface area contributed by atoms with Crippen LogP contribution >= 0.6 is 39.3 Å². The second-order valence-corrected chi connectivity index (χ2v) is 11.8. The van der Waals surface area contributed by atoms with E-state index in [1.54, 1.807) is 25.1 Å². The zero-order valence-corrected chi connectivity index (χ0v) is 26.8. The number of ether oxygens (including phenoxy) is 3. The third-order valence-electron chi connectivity index (χ3n) is 6.55. The first kappa shape index (κ1) is 30.8. The summed E-state index contributed by atoms with van der Waals surface area (Å²) in [7, 11) is 0. The van der Waals surface area contributed by atoms with Crippen LogP contribution in [0.1, 0.15) is 25.8 Å². The third-order valence-corrected chi connectivity index (χ3v) is 8.37. The van der Waals surface area contributed by atoms with Gasteiger partial charge in [0.1, 0.15) is 27.9 Å². The van der Waals surface area contributed by atoms with Gasteiger partial charge in [-0.05, 0) is 80.9 Å². The summed E-state index contributed by atoms with van der Waals surface area (Å²) in [5.41, 5.74) is 2.60. The number of halogens is 2. The molecule has 1 aromatic heterocycles. The van der Waals surface area contributed by atoms with Crippen LogP contribution in [0.5, 0.6) is 11.5 Å². The molecule has 0 amide bonds. The van der Waals surface area contributed by atoms with E-state index in [0.29, 0.717) is 46.2 Å². The average Bonchev–Trinajstić information content (AvgIpc) is 3.49. The highest BCUT2D eigenvalue weighted by atomic mass is 79.9. The van der Waals surface area contributed by atoms with Crippen molar-refractivity contribution in [1.29, 1.82) is 0 Å². The van der Waals surface area contributed by atoms with Gasteiger partial charge in [0.05, 0.1) is 35.4 Å². The lowest BCUT2D eigenvalue weighted by atomic mass is 10.1. The van der Waals surface area contributed by atoms with Crippen LogP contribution in [0.4, 0.5) is 5.69 Å². The average molecular weight is 682 g/mol. The molecule has 1 aliphatic heterocycles. The Morgan fingerprint density at radius 2 is 1.86 bits per heavy atom. The van der Waals surface area contributed by atoms with Gasteiger partial charge in [0, 0.05) is 33.7 Å². The number of carbonyl (C=O) groups excluding carboxylic acids is 1. The van der Waals surface area contributed by atoms with Gasteiger partial charge in [-0.1, -0.05) is 51.4 Å². The van der Waals surface area contributed by atoms with Gasteiger partial charge in [-0.25, -0.2) is 9.79 Å². The largest absolute Gasteiger partial charge is 0.506 e. The van der Waals surface area contributed by atoms with Crippen LogP contribution in [-0.4, -0.2) is 40.5 Å². The molecule has 0 aliphatic carbocycles. The Bertz CT molecular complexity index is 1730. The second-order valence-electron chi connectivity index (χ2n) is 9.47. The van der Waals surface area contributed by atoms with Crippen LogP contribution in [0.3, 0.4) is 0 Å². The van der Waals surface area contributed by atoms with Crippen molar-refractivity contribution in [2.45, 2.75) is 26.8 Å². The van der Waals surface area contributed by atoms with E-state index in [9.17, 15) is 9.90 Å². The number of hydrogen-bond acceptors (Lipinski definition) is 7. The number of carbonyl (C=O) groups is 1. The lowest BCUT2D eigenvalue weighted by Gasteiger charge is -2.09. The van der Waals surface area contributed by atoms with Crippen LogP contribution in [0.2, 0.25) is 5.02 Å². The van der Waals surface area contributed by atoms with Crippen molar-refractivity contribution in [2.75, 3.05) is 19.8 Å². The van der Waals surface area contributed by atoms with Gasteiger partial charge in [0.25, 0.3) is 0 Å². The number of rotatable bonds is 11. The van der Waals surface area contributed by atoms with Crippen LogP contribution < -0.4 is 9.47 Å². The van der Waals surface area contributed by atoms with Gasteiger partial charge in [0.15, 0.2) is 0 Å². The number of aryl methyl sites for hydroxylation is 1. The summed E-state index contributed by atoms with van der Waals surface area (Å²) in [5.74, 6) is 0.617. The van der Waals surface area contributed by atoms with E-state index in [1.807, 2.05) is 61.7 Å². The van der Waals surface area contributed by atoms with Crippen LogP contribution in [0.15, 0.2) is 98.6 Å². The molecule has 0 saturated carbocycles. The molecule has 0 fully saturated rings. The first-order chi connectivity index (χ1) is 20.9. The molecule has 4 aromatic rings. The van der Waals surface area contributed by atoms with Crippen LogP contribution in [0, 0.1) is 0 Å². The number of thioether (sulfide) groups is 1. The van der Waals surface area contributed by atoms with E-state index in [-0.39, 0.29) is 17.9 Å². The van der Waals surface area contributed by atoms with Crippen LogP contribution in [0.25, 0.3) is 17.0 Å².